The van der Waals surface area contributed by atoms with Crippen molar-refractivity contribution >= 4 is 17.2 Å². The zero-order valence-corrected chi connectivity index (χ0v) is 13.8. The summed E-state index contributed by atoms with van der Waals surface area (Å²) in [4.78, 5) is 23.9. The standard InChI is InChI=1S/C17H16N2O4S/c1-11(21)18-10-19-8-15(17(22)23-19)12-2-4-13(5-3-12)16-14(9-20)6-7-24-16/h2-8,20H,9-10H2,1H3,(H,18,21). The summed E-state index contributed by atoms with van der Waals surface area (Å²) in [6.07, 6.45) is 1.57. The van der Waals surface area contributed by atoms with E-state index in [0.717, 1.165) is 21.6 Å². The molecule has 0 radical (unpaired) electrons. The van der Waals surface area contributed by atoms with Crippen LogP contribution in [0.4, 0.5) is 0 Å². The fourth-order valence-electron chi connectivity index (χ4n) is 2.35. The Kier molecular flexibility index (Phi) is 4.64. The number of aliphatic hydroxyl groups excluding tert-OH is 1. The second-order valence-electron chi connectivity index (χ2n) is 5.24. The Morgan fingerprint density at radius 3 is 2.62 bits per heavy atom. The number of nitrogens with one attached hydrogen (secondary N) is 1. The van der Waals surface area contributed by atoms with E-state index in [1.165, 1.54) is 11.7 Å². The third-order valence-corrected chi connectivity index (χ3v) is 4.56. The molecule has 0 aliphatic rings. The maximum absolute atomic E-state index is 12.0. The monoisotopic (exact) mass is 344 g/mol. The first-order valence-corrected chi connectivity index (χ1v) is 8.19. The lowest BCUT2D eigenvalue weighted by Gasteiger charge is -2.03. The van der Waals surface area contributed by atoms with E-state index in [9.17, 15) is 14.7 Å². The van der Waals surface area contributed by atoms with Crippen LogP contribution in [0.3, 0.4) is 0 Å². The van der Waals surface area contributed by atoms with Gasteiger partial charge in [-0.05, 0) is 28.1 Å². The maximum atomic E-state index is 12.0. The van der Waals surface area contributed by atoms with Gasteiger partial charge in [0.25, 0.3) is 0 Å². The molecule has 2 N–H and O–H groups in total. The first kappa shape index (κ1) is 16.2. The summed E-state index contributed by atoms with van der Waals surface area (Å²) < 4.78 is 6.36. The zero-order valence-electron chi connectivity index (χ0n) is 13.0. The van der Waals surface area contributed by atoms with E-state index in [1.54, 1.807) is 17.5 Å². The van der Waals surface area contributed by atoms with Crippen LogP contribution in [0.2, 0.25) is 0 Å². The van der Waals surface area contributed by atoms with Gasteiger partial charge in [0, 0.05) is 11.8 Å². The molecule has 124 valence electrons. The molecule has 7 heteroatoms. The summed E-state index contributed by atoms with van der Waals surface area (Å²) in [5, 5.41) is 13.8. The fraction of sp³-hybridized carbons (Fsp3) is 0.176. The van der Waals surface area contributed by atoms with Gasteiger partial charge in [-0.15, -0.1) is 11.3 Å². The number of carbonyl (C=O) groups excluding carboxylic acids is 1. The van der Waals surface area contributed by atoms with Crippen molar-refractivity contribution < 1.29 is 14.4 Å². The van der Waals surface area contributed by atoms with Crippen molar-refractivity contribution in [2.45, 2.75) is 20.2 Å². The van der Waals surface area contributed by atoms with Gasteiger partial charge in [0.1, 0.15) is 6.67 Å². The smallest absolute Gasteiger partial charge is 0.365 e. The molecule has 0 saturated heterocycles. The van der Waals surface area contributed by atoms with Crippen molar-refractivity contribution in [1.29, 1.82) is 0 Å². The number of hydrogen-bond donors (Lipinski definition) is 2. The summed E-state index contributed by atoms with van der Waals surface area (Å²) in [6.45, 7) is 1.50. The normalized spacial score (nSPS) is 10.8. The molecule has 0 bridgehead atoms. The Morgan fingerprint density at radius 2 is 1.96 bits per heavy atom. The van der Waals surface area contributed by atoms with Gasteiger partial charge in [0.15, 0.2) is 0 Å². The van der Waals surface area contributed by atoms with E-state index in [0.29, 0.717) is 5.56 Å². The van der Waals surface area contributed by atoms with Crippen LogP contribution in [-0.2, 0) is 18.1 Å². The minimum Gasteiger partial charge on any atom is -0.392 e. The van der Waals surface area contributed by atoms with Crippen LogP contribution in [0.15, 0.2) is 51.2 Å². The van der Waals surface area contributed by atoms with Crippen molar-refractivity contribution in [2.24, 2.45) is 0 Å². The van der Waals surface area contributed by atoms with Gasteiger partial charge < -0.3 is 14.9 Å². The number of benzene rings is 1. The van der Waals surface area contributed by atoms with E-state index in [1.807, 2.05) is 35.7 Å². The average Bonchev–Trinajstić information content (AvgIpc) is 3.19. The summed E-state index contributed by atoms with van der Waals surface area (Å²) in [6, 6.07) is 9.39. The van der Waals surface area contributed by atoms with Gasteiger partial charge >= 0.3 is 5.63 Å². The number of rotatable bonds is 5. The quantitative estimate of drug-likeness (QED) is 0.744. The van der Waals surface area contributed by atoms with Crippen LogP contribution < -0.4 is 10.9 Å². The maximum Gasteiger partial charge on any atom is 0.365 e. The van der Waals surface area contributed by atoms with Crippen molar-refractivity contribution in [1.82, 2.24) is 10.1 Å². The molecular formula is C17H16N2O4S. The molecule has 0 unspecified atom stereocenters. The van der Waals surface area contributed by atoms with Crippen molar-refractivity contribution in [2.75, 3.05) is 0 Å². The lowest BCUT2D eigenvalue weighted by molar-refractivity contribution is -0.119. The SMILES string of the molecule is CC(=O)NCn1cc(-c2ccc(-c3sccc3CO)cc2)c(=O)o1. The highest BCUT2D eigenvalue weighted by molar-refractivity contribution is 7.13. The Morgan fingerprint density at radius 1 is 1.25 bits per heavy atom. The van der Waals surface area contributed by atoms with Crippen LogP contribution in [0.1, 0.15) is 12.5 Å². The number of aromatic nitrogens is 1. The summed E-state index contributed by atoms with van der Waals surface area (Å²) >= 11 is 1.56. The highest BCUT2D eigenvalue weighted by atomic mass is 32.1. The van der Waals surface area contributed by atoms with Crippen molar-refractivity contribution in [3.63, 3.8) is 0 Å². The molecular weight excluding hydrogens is 328 g/mol. The van der Waals surface area contributed by atoms with E-state index >= 15 is 0 Å². The predicted molar refractivity (Wildman–Crippen MR) is 91.5 cm³/mol. The predicted octanol–water partition coefficient (Wildman–Crippen LogP) is 2.42. The number of amides is 1. The molecule has 0 aliphatic carbocycles. The van der Waals surface area contributed by atoms with E-state index < -0.39 is 5.63 Å². The van der Waals surface area contributed by atoms with E-state index in [-0.39, 0.29) is 19.2 Å². The molecule has 1 aromatic carbocycles. The van der Waals surface area contributed by atoms with Crippen LogP contribution in [0.25, 0.3) is 21.6 Å². The summed E-state index contributed by atoms with van der Waals surface area (Å²) in [5.41, 5.74) is 2.57. The molecule has 24 heavy (non-hydrogen) atoms. The molecule has 6 nitrogen and oxygen atoms in total. The number of aliphatic hydroxyl groups is 1. The fourth-order valence-corrected chi connectivity index (χ4v) is 3.28. The molecule has 0 atom stereocenters. The van der Waals surface area contributed by atoms with Gasteiger partial charge in [0.2, 0.25) is 5.91 Å². The number of nitrogens with zero attached hydrogens (tertiary/aromatic N) is 1. The topological polar surface area (TPSA) is 84.5 Å². The molecule has 0 aliphatic heterocycles. The van der Waals surface area contributed by atoms with Gasteiger partial charge in [-0.3, -0.25) is 4.79 Å². The summed E-state index contributed by atoms with van der Waals surface area (Å²) in [5.74, 6) is -0.201. The zero-order chi connectivity index (χ0) is 17.1. The van der Waals surface area contributed by atoms with Crippen LogP contribution >= 0.6 is 11.3 Å². The molecule has 0 saturated carbocycles. The first-order chi connectivity index (χ1) is 11.6. The molecule has 3 rings (SSSR count). The number of thiophene rings is 1. The number of carbonyl (C=O) groups is 1. The largest absolute Gasteiger partial charge is 0.392 e. The molecule has 2 aromatic heterocycles. The second-order valence-corrected chi connectivity index (χ2v) is 6.16. The van der Waals surface area contributed by atoms with Gasteiger partial charge in [-0.2, -0.15) is 4.74 Å². The van der Waals surface area contributed by atoms with Crippen LogP contribution in [0.5, 0.6) is 0 Å². The first-order valence-electron chi connectivity index (χ1n) is 7.31. The minimum atomic E-state index is -0.458. The Labute approximate surface area is 141 Å². The van der Waals surface area contributed by atoms with E-state index in [4.69, 9.17) is 4.52 Å². The third kappa shape index (κ3) is 3.32. The minimum absolute atomic E-state index is 0.00380. The number of hydrogen-bond acceptors (Lipinski definition) is 5. The Balaban J connectivity index is 1.86. The molecule has 0 spiro atoms. The molecule has 1 amide bonds. The summed E-state index contributed by atoms with van der Waals surface area (Å²) in [7, 11) is 0. The van der Waals surface area contributed by atoms with Gasteiger partial charge in [-0.1, -0.05) is 24.3 Å². The second kappa shape index (κ2) is 6.86. The molecule has 0 fully saturated rings. The van der Waals surface area contributed by atoms with Gasteiger partial charge in [0.05, 0.1) is 18.4 Å². The van der Waals surface area contributed by atoms with Crippen molar-refractivity contribution in [3.8, 4) is 21.6 Å². The molecule has 2 heterocycles. The lowest BCUT2D eigenvalue weighted by atomic mass is 10.0. The van der Waals surface area contributed by atoms with Gasteiger partial charge in [-0.25, -0.2) is 4.79 Å². The Hall–Kier alpha value is -2.64. The van der Waals surface area contributed by atoms with Crippen molar-refractivity contribution in [3.05, 3.63) is 57.9 Å². The van der Waals surface area contributed by atoms with Crippen LogP contribution in [-0.4, -0.2) is 15.8 Å². The highest BCUT2D eigenvalue weighted by Crippen LogP contribution is 2.31. The third-order valence-electron chi connectivity index (χ3n) is 3.55. The Bertz CT molecular complexity index is 905. The average molecular weight is 344 g/mol. The molecule has 3 aromatic rings. The highest BCUT2D eigenvalue weighted by Gasteiger charge is 2.11. The van der Waals surface area contributed by atoms with E-state index in [2.05, 4.69) is 5.32 Å². The van der Waals surface area contributed by atoms with Crippen LogP contribution in [0, 0.1) is 0 Å². The lowest BCUT2D eigenvalue weighted by Crippen LogP contribution is -2.22.